The Morgan fingerprint density at radius 2 is 1.73 bits per heavy atom. The monoisotopic (exact) mass is 398 g/mol. The number of ether oxygens (including phenoxy) is 1. The quantitative estimate of drug-likeness (QED) is 0.774. The maximum absolute atomic E-state index is 13.0. The highest BCUT2D eigenvalue weighted by Crippen LogP contribution is 2.26. The van der Waals surface area contributed by atoms with Crippen LogP contribution in [0.5, 0.6) is 0 Å². The largest absolute Gasteiger partial charge is 0.373 e. The van der Waals surface area contributed by atoms with Crippen LogP contribution in [0, 0.1) is 11.3 Å². The molecule has 0 bridgehead atoms. The number of hydrogen-bond acceptors (Lipinski definition) is 5. The second-order valence-electron chi connectivity index (χ2n) is 6.74. The summed E-state index contributed by atoms with van der Waals surface area (Å²) in [6.45, 7) is 6.37. The second-order valence-corrected chi connectivity index (χ2v) is 9.11. The summed E-state index contributed by atoms with van der Waals surface area (Å²) in [6.07, 6.45) is -0.218. The predicted molar refractivity (Wildman–Crippen MR) is 100 cm³/mol. The van der Waals surface area contributed by atoms with Gasteiger partial charge in [-0.05, 0) is 32.0 Å². The standard InChI is InChI=1S/C17H23ClN4O3S/c1-13-11-22(12-14(2)25-13)26(23,24)21-7-5-20(6-8-21)17-4-3-16(18)9-15(17)10-19/h3-4,9,13-14H,5-8,11-12H2,1-2H3. The van der Waals surface area contributed by atoms with Gasteiger partial charge in [0, 0.05) is 44.3 Å². The normalized spacial score (nSPS) is 25.8. The van der Waals surface area contributed by atoms with E-state index in [1.165, 1.54) is 8.61 Å². The number of rotatable bonds is 3. The molecule has 142 valence electrons. The summed E-state index contributed by atoms with van der Waals surface area (Å²) in [5, 5.41) is 9.83. The molecule has 2 atom stereocenters. The van der Waals surface area contributed by atoms with Crippen LogP contribution < -0.4 is 4.90 Å². The van der Waals surface area contributed by atoms with Crippen molar-refractivity contribution in [3.05, 3.63) is 28.8 Å². The van der Waals surface area contributed by atoms with Crippen LogP contribution in [0.15, 0.2) is 18.2 Å². The average Bonchev–Trinajstić information content (AvgIpc) is 2.61. The Balaban J connectivity index is 1.69. The van der Waals surface area contributed by atoms with Gasteiger partial charge in [-0.15, -0.1) is 0 Å². The topological polar surface area (TPSA) is 76.9 Å². The first-order valence-electron chi connectivity index (χ1n) is 8.66. The van der Waals surface area contributed by atoms with Gasteiger partial charge in [0.05, 0.1) is 23.5 Å². The fraction of sp³-hybridized carbons (Fsp3) is 0.588. The molecule has 26 heavy (non-hydrogen) atoms. The smallest absolute Gasteiger partial charge is 0.282 e. The lowest BCUT2D eigenvalue weighted by atomic mass is 10.1. The van der Waals surface area contributed by atoms with E-state index in [-0.39, 0.29) is 12.2 Å². The number of nitrogens with zero attached hydrogens (tertiary/aromatic N) is 4. The maximum Gasteiger partial charge on any atom is 0.282 e. The molecule has 7 nitrogen and oxygen atoms in total. The summed E-state index contributed by atoms with van der Waals surface area (Å²) < 4.78 is 34.6. The number of morpholine rings is 1. The van der Waals surface area contributed by atoms with Crippen molar-refractivity contribution >= 4 is 27.5 Å². The van der Waals surface area contributed by atoms with Gasteiger partial charge >= 0.3 is 0 Å². The molecule has 0 saturated carbocycles. The number of hydrogen-bond donors (Lipinski definition) is 0. The van der Waals surface area contributed by atoms with Crippen LogP contribution in [-0.2, 0) is 14.9 Å². The molecule has 0 radical (unpaired) electrons. The molecule has 0 spiro atoms. The first kappa shape index (κ1) is 19.4. The number of anilines is 1. The molecule has 0 aliphatic carbocycles. The summed E-state index contributed by atoms with van der Waals surface area (Å²) >= 11 is 5.95. The molecule has 2 aliphatic rings. The summed E-state index contributed by atoms with van der Waals surface area (Å²) in [4.78, 5) is 2.03. The van der Waals surface area contributed by atoms with Crippen molar-refractivity contribution in [1.29, 1.82) is 5.26 Å². The Morgan fingerprint density at radius 3 is 2.31 bits per heavy atom. The maximum atomic E-state index is 13.0. The molecule has 2 unspecified atom stereocenters. The Morgan fingerprint density at radius 1 is 1.12 bits per heavy atom. The molecular weight excluding hydrogens is 376 g/mol. The van der Waals surface area contributed by atoms with Crippen LogP contribution in [0.1, 0.15) is 19.4 Å². The first-order chi connectivity index (χ1) is 12.3. The Kier molecular flexibility index (Phi) is 5.75. The molecule has 3 rings (SSSR count). The molecule has 1 aromatic carbocycles. The highest BCUT2D eigenvalue weighted by atomic mass is 35.5. The lowest BCUT2D eigenvalue weighted by Crippen LogP contribution is -2.57. The van der Waals surface area contributed by atoms with Gasteiger partial charge in [-0.25, -0.2) is 0 Å². The first-order valence-corrected chi connectivity index (χ1v) is 10.4. The van der Waals surface area contributed by atoms with Crippen LogP contribution >= 0.6 is 11.6 Å². The summed E-state index contributed by atoms with van der Waals surface area (Å²) in [5.41, 5.74) is 1.30. The van der Waals surface area contributed by atoms with Crippen molar-refractivity contribution in [2.45, 2.75) is 26.1 Å². The van der Waals surface area contributed by atoms with Crippen molar-refractivity contribution in [1.82, 2.24) is 8.61 Å². The van der Waals surface area contributed by atoms with E-state index in [1.54, 1.807) is 12.1 Å². The predicted octanol–water partition coefficient (Wildman–Crippen LogP) is 1.69. The summed E-state index contributed by atoms with van der Waals surface area (Å²) in [6, 6.07) is 7.36. The zero-order chi connectivity index (χ0) is 18.9. The van der Waals surface area contributed by atoms with Gasteiger partial charge in [0.15, 0.2) is 0 Å². The van der Waals surface area contributed by atoms with Crippen molar-refractivity contribution in [3.63, 3.8) is 0 Å². The molecule has 0 aromatic heterocycles. The van der Waals surface area contributed by atoms with E-state index >= 15 is 0 Å². The van der Waals surface area contributed by atoms with Gasteiger partial charge in [-0.1, -0.05) is 11.6 Å². The molecule has 2 heterocycles. The number of nitriles is 1. The van der Waals surface area contributed by atoms with Gasteiger partial charge in [0.2, 0.25) is 0 Å². The highest BCUT2D eigenvalue weighted by Gasteiger charge is 2.36. The van der Waals surface area contributed by atoms with Crippen LogP contribution in [0.4, 0.5) is 5.69 Å². The lowest BCUT2D eigenvalue weighted by molar-refractivity contribution is -0.0455. The third-order valence-electron chi connectivity index (χ3n) is 4.70. The van der Waals surface area contributed by atoms with Crippen molar-refractivity contribution < 1.29 is 13.2 Å². The Bertz CT molecular complexity index is 793. The minimum atomic E-state index is -3.51. The number of benzene rings is 1. The Labute approximate surface area is 159 Å². The molecule has 9 heteroatoms. The minimum Gasteiger partial charge on any atom is -0.373 e. The van der Waals surface area contributed by atoms with Crippen LogP contribution in [-0.4, -0.2) is 68.5 Å². The van der Waals surface area contributed by atoms with Crippen LogP contribution in [0.25, 0.3) is 0 Å². The fourth-order valence-electron chi connectivity index (χ4n) is 3.52. The van der Waals surface area contributed by atoms with E-state index < -0.39 is 10.2 Å². The van der Waals surface area contributed by atoms with E-state index in [0.29, 0.717) is 49.9 Å². The summed E-state index contributed by atoms with van der Waals surface area (Å²) in [7, 11) is -3.51. The lowest BCUT2D eigenvalue weighted by Gasteiger charge is -2.40. The van der Waals surface area contributed by atoms with E-state index in [1.807, 2.05) is 24.8 Å². The van der Waals surface area contributed by atoms with Gasteiger partial charge in [-0.2, -0.15) is 22.3 Å². The molecular formula is C17H23ClN4O3S. The number of piperazine rings is 1. The fourth-order valence-corrected chi connectivity index (χ4v) is 5.44. The molecule has 1 aromatic rings. The summed E-state index contributed by atoms with van der Waals surface area (Å²) in [5.74, 6) is 0. The SMILES string of the molecule is CC1CN(S(=O)(=O)N2CCN(c3ccc(Cl)cc3C#N)CC2)CC(C)O1. The van der Waals surface area contributed by atoms with Gasteiger partial charge in [0.1, 0.15) is 6.07 Å². The van der Waals surface area contributed by atoms with Gasteiger partial charge in [0.25, 0.3) is 10.2 Å². The third-order valence-corrected chi connectivity index (χ3v) is 6.90. The van der Waals surface area contributed by atoms with Crippen LogP contribution in [0.2, 0.25) is 5.02 Å². The third kappa shape index (κ3) is 3.97. The molecule has 2 aliphatic heterocycles. The van der Waals surface area contributed by atoms with E-state index in [4.69, 9.17) is 16.3 Å². The van der Waals surface area contributed by atoms with Crippen LogP contribution in [0.3, 0.4) is 0 Å². The zero-order valence-electron chi connectivity index (χ0n) is 14.9. The molecule has 2 fully saturated rings. The van der Waals surface area contributed by atoms with E-state index in [9.17, 15) is 13.7 Å². The van der Waals surface area contributed by atoms with Gasteiger partial charge < -0.3 is 9.64 Å². The van der Waals surface area contributed by atoms with E-state index in [2.05, 4.69) is 6.07 Å². The number of halogens is 1. The molecule has 2 saturated heterocycles. The Hall–Kier alpha value is -1.37. The molecule has 0 amide bonds. The van der Waals surface area contributed by atoms with Crippen molar-refractivity contribution in [2.24, 2.45) is 0 Å². The minimum absolute atomic E-state index is 0.109. The highest BCUT2D eigenvalue weighted by molar-refractivity contribution is 7.86. The zero-order valence-corrected chi connectivity index (χ0v) is 16.5. The average molecular weight is 399 g/mol. The molecule has 0 N–H and O–H groups in total. The van der Waals surface area contributed by atoms with Crippen molar-refractivity contribution in [3.8, 4) is 6.07 Å². The van der Waals surface area contributed by atoms with Crippen molar-refractivity contribution in [2.75, 3.05) is 44.2 Å². The van der Waals surface area contributed by atoms with Gasteiger partial charge in [-0.3, -0.25) is 0 Å². The van der Waals surface area contributed by atoms with E-state index in [0.717, 1.165) is 5.69 Å². The second kappa shape index (κ2) is 7.71.